The van der Waals surface area contributed by atoms with Gasteiger partial charge in [0.15, 0.2) is 0 Å². The Morgan fingerprint density at radius 3 is 2.62 bits per heavy atom. The van der Waals surface area contributed by atoms with Gasteiger partial charge in [0.25, 0.3) is 5.91 Å². The summed E-state index contributed by atoms with van der Waals surface area (Å²) in [4.78, 5) is 15.4. The fourth-order valence-electron chi connectivity index (χ4n) is 5.96. The molecule has 0 radical (unpaired) electrons. The SMILES string of the molecule is C=C(C)C(/C=c1/cc(C(=O)NCCN2CCOCC2)c(C)cc1=C)CCC1CCCC(C(=C)OC([CH2-])(C)C)CC1. The maximum Gasteiger partial charge on any atom is 0.251 e. The number of nitrogens with one attached hydrogen (secondary N) is 1. The van der Waals surface area contributed by atoms with Crippen LogP contribution in [-0.2, 0) is 9.47 Å². The number of rotatable bonds is 12. The number of allylic oxidation sites excluding steroid dienone is 2. The largest absolute Gasteiger partial charge is 0.524 e. The second-order valence-electron chi connectivity index (χ2n) is 12.7. The van der Waals surface area contributed by atoms with E-state index in [1.165, 1.54) is 25.7 Å². The highest BCUT2D eigenvalue weighted by molar-refractivity contribution is 5.95. The lowest BCUT2D eigenvalue weighted by Gasteiger charge is -2.33. The average Bonchev–Trinajstić information content (AvgIpc) is 3.13. The third-order valence-electron chi connectivity index (χ3n) is 8.40. The van der Waals surface area contributed by atoms with E-state index in [0.29, 0.717) is 18.4 Å². The van der Waals surface area contributed by atoms with E-state index >= 15 is 0 Å². The number of carbonyl (C=O) groups excluding carboxylic acids is 1. The number of ether oxygens (including phenoxy) is 2. The second kappa shape index (κ2) is 15.0. The van der Waals surface area contributed by atoms with Gasteiger partial charge in [-0.3, -0.25) is 9.69 Å². The van der Waals surface area contributed by atoms with Gasteiger partial charge in [-0.2, -0.15) is 0 Å². The van der Waals surface area contributed by atoms with Gasteiger partial charge in [-0.1, -0.05) is 64.1 Å². The van der Waals surface area contributed by atoms with Gasteiger partial charge in [0, 0.05) is 37.7 Å². The number of benzene rings is 1. The molecule has 1 aliphatic carbocycles. The van der Waals surface area contributed by atoms with Crippen LogP contribution in [0.4, 0.5) is 0 Å². The molecule has 1 saturated heterocycles. The number of hydrogen-bond donors (Lipinski definition) is 1. The van der Waals surface area contributed by atoms with Gasteiger partial charge in [0.1, 0.15) is 0 Å². The molecule has 3 rings (SSSR count). The quantitative estimate of drug-likeness (QED) is 0.161. The first-order valence-corrected chi connectivity index (χ1v) is 15.2. The molecule has 222 valence electrons. The van der Waals surface area contributed by atoms with Crippen molar-refractivity contribution in [3.05, 3.63) is 65.1 Å². The third kappa shape index (κ3) is 10.2. The zero-order chi connectivity index (χ0) is 29.3. The fourth-order valence-corrected chi connectivity index (χ4v) is 5.96. The highest BCUT2D eigenvalue weighted by atomic mass is 16.5. The van der Waals surface area contributed by atoms with Crippen molar-refractivity contribution in [1.29, 1.82) is 0 Å². The van der Waals surface area contributed by atoms with Crippen LogP contribution in [0.2, 0.25) is 0 Å². The van der Waals surface area contributed by atoms with Gasteiger partial charge < -0.3 is 21.7 Å². The monoisotopic (exact) mass is 549 g/mol. The standard InChI is InChI=1S/C35H53N2O3/c1-25(2)31(15-13-29-10-9-11-30(14-12-29)28(5)40-35(6,7)8)23-32-24-33(27(4)22-26(32)3)34(38)36-16-17-37-18-20-39-21-19-37/h22-24,29-31H,1,3,5-6,9-21H2,2,4,7-8H3,(H,36,38)/q-1/b32-23-. The maximum absolute atomic E-state index is 13.1. The first-order valence-electron chi connectivity index (χ1n) is 15.2. The van der Waals surface area contributed by atoms with Crippen LogP contribution in [0, 0.1) is 31.6 Å². The van der Waals surface area contributed by atoms with Crippen molar-refractivity contribution < 1.29 is 14.3 Å². The van der Waals surface area contributed by atoms with Crippen LogP contribution in [0.15, 0.2) is 36.6 Å². The molecule has 1 aromatic rings. The summed E-state index contributed by atoms with van der Waals surface area (Å²) in [5.41, 5.74) is 2.41. The van der Waals surface area contributed by atoms with Crippen LogP contribution < -0.4 is 15.8 Å². The molecule has 2 fully saturated rings. The molecule has 1 N–H and O–H groups in total. The van der Waals surface area contributed by atoms with Crippen molar-refractivity contribution in [2.24, 2.45) is 17.8 Å². The van der Waals surface area contributed by atoms with E-state index in [0.717, 1.165) is 85.0 Å². The third-order valence-corrected chi connectivity index (χ3v) is 8.40. The van der Waals surface area contributed by atoms with Crippen molar-refractivity contribution in [1.82, 2.24) is 10.2 Å². The number of aryl methyl sites for hydroxylation is 1. The molecule has 3 atom stereocenters. The molecular weight excluding hydrogens is 496 g/mol. The van der Waals surface area contributed by atoms with Crippen LogP contribution in [0.1, 0.15) is 81.6 Å². The summed E-state index contributed by atoms with van der Waals surface area (Å²) >= 11 is 0. The zero-order valence-electron chi connectivity index (χ0n) is 25.7. The van der Waals surface area contributed by atoms with Crippen LogP contribution in [0.25, 0.3) is 12.7 Å². The molecule has 40 heavy (non-hydrogen) atoms. The lowest BCUT2D eigenvalue weighted by atomic mass is 9.87. The summed E-state index contributed by atoms with van der Waals surface area (Å²) in [6.07, 6.45) is 10.4. The Balaban J connectivity index is 1.61. The molecule has 2 aliphatic rings. The summed E-state index contributed by atoms with van der Waals surface area (Å²) in [6.45, 7) is 29.8. The van der Waals surface area contributed by atoms with Crippen LogP contribution in [0.3, 0.4) is 0 Å². The Bertz CT molecular complexity index is 1130. The molecule has 1 aliphatic heterocycles. The molecule has 5 nitrogen and oxygen atoms in total. The summed E-state index contributed by atoms with van der Waals surface area (Å²) < 4.78 is 11.4. The minimum atomic E-state index is -0.431. The Morgan fingerprint density at radius 1 is 1.23 bits per heavy atom. The number of morpholine rings is 1. The Kier molecular flexibility index (Phi) is 12.1. The van der Waals surface area contributed by atoms with Crippen molar-refractivity contribution in [3.63, 3.8) is 0 Å². The van der Waals surface area contributed by atoms with E-state index in [2.05, 4.69) is 49.9 Å². The van der Waals surface area contributed by atoms with E-state index in [9.17, 15) is 4.79 Å². The summed E-state index contributed by atoms with van der Waals surface area (Å²) in [7, 11) is 0. The number of amides is 1. The van der Waals surface area contributed by atoms with Crippen LogP contribution in [0.5, 0.6) is 0 Å². The van der Waals surface area contributed by atoms with E-state index in [1.807, 2.05) is 32.9 Å². The molecule has 0 bridgehead atoms. The maximum atomic E-state index is 13.1. The smallest absolute Gasteiger partial charge is 0.251 e. The zero-order valence-corrected chi connectivity index (χ0v) is 25.7. The summed E-state index contributed by atoms with van der Waals surface area (Å²) in [6, 6.07) is 4.05. The lowest BCUT2D eigenvalue weighted by molar-refractivity contribution is 0.0383. The highest BCUT2D eigenvalue weighted by Gasteiger charge is 2.23. The van der Waals surface area contributed by atoms with Gasteiger partial charge in [0.2, 0.25) is 0 Å². The lowest BCUT2D eigenvalue weighted by Crippen LogP contribution is -2.41. The number of carbonyl (C=O) groups is 1. The van der Waals surface area contributed by atoms with E-state index in [1.54, 1.807) is 0 Å². The van der Waals surface area contributed by atoms with Crippen LogP contribution >= 0.6 is 0 Å². The van der Waals surface area contributed by atoms with Gasteiger partial charge in [0.05, 0.1) is 19.0 Å². The van der Waals surface area contributed by atoms with Crippen LogP contribution in [-0.4, -0.2) is 55.8 Å². The van der Waals surface area contributed by atoms with Gasteiger partial charge in [-0.25, -0.2) is 0 Å². The molecule has 0 spiro atoms. The minimum absolute atomic E-state index is 0.0203. The molecule has 1 heterocycles. The first-order chi connectivity index (χ1) is 18.9. The average molecular weight is 550 g/mol. The first kappa shape index (κ1) is 32.1. The minimum Gasteiger partial charge on any atom is -0.524 e. The molecule has 5 heteroatoms. The van der Waals surface area contributed by atoms with E-state index in [-0.39, 0.29) is 11.8 Å². The Hall–Kier alpha value is -2.37. The molecule has 1 aromatic carbocycles. The molecular formula is C35H53N2O3-. The molecule has 1 saturated carbocycles. The number of nitrogens with zero attached hydrogens (tertiary/aromatic N) is 1. The van der Waals surface area contributed by atoms with Gasteiger partial charge >= 0.3 is 0 Å². The normalized spacial score (nSPS) is 21.9. The van der Waals surface area contributed by atoms with Gasteiger partial charge in [-0.05, 0) is 85.5 Å². The molecule has 1 amide bonds. The molecule has 3 unspecified atom stereocenters. The number of hydrogen-bond acceptors (Lipinski definition) is 4. The predicted octanol–water partition coefficient (Wildman–Crippen LogP) is 5.56. The van der Waals surface area contributed by atoms with Crippen molar-refractivity contribution in [2.45, 2.75) is 78.2 Å². The molecule has 0 aromatic heterocycles. The van der Waals surface area contributed by atoms with Gasteiger partial charge in [-0.15, -0.1) is 0 Å². The summed E-state index contributed by atoms with van der Waals surface area (Å²) in [5.74, 6) is 2.26. The van der Waals surface area contributed by atoms with Crippen molar-refractivity contribution in [3.8, 4) is 0 Å². The predicted molar refractivity (Wildman–Crippen MR) is 167 cm³/mol. The van der Waals surface area contributed by atoms with Crippen molar-refractivity contribution in [2.75, 3.05) is 39.4 Å². The van der Waals surface area contributed by atoms with E-state index < -0.39 is 5.60 Å². The van der Waals surface area contributed by atoms with E-state index in [4.69, 9.17) is 9.47 Å². The topological polar surface area (TPSA) is 50.8 Å². The Morgan fingerprint density at radius 2 is 1.95 bits per heavy atom. The Labute approximate surface area is 243 Å². The second-order valence-corrected chi connectivity index (χ2v) is 12.7. The fraction of sp³-hybridized carbons (Fsp3) is 0.600. The van der Waals surface area contributed by atoms with Crippen molar-refractivity contribution >= 4 is 18.6 Å². The highest BCUT2D eigenvalue weighted by Crippen LogP contribution is 2.35. The summed E-state index contributed by atoms with van der Waals surface area (Å²) in [5, 5.41) is 5.10.